The normalized spacial score (nSPS) is 11.7. The number of ether oxygens (including phenoxy) is 1. The fourth-order valence-electron chi connectivity index (χ4n) is 3.26. The SMILES string of the molecule is CC(Oc1cc(-c2nn(SF)c(Nc3cnccn3)c2C(N)=O)ccc1N)c1ccc(Cl)cc1. The van der Waals surface area contributed by atoms with Crippen molar-refractivity contribution in [2.45, 2.75) is 13.0 Å². The summed E-state index contributed by atoms with van der Waals surface area (Å²) in [6, 6.07) is 12.1. The molecule has 0 saturated heterocycles. The highest BCUT2D eigenvalue weighted by Gasteiger charge is 2.25. The molecule has 1 unspecified atom stereocenters. The van der Waals surface area contributed by atoms with Crippen molar-refractivity contribution in [3.05, 3.63) is 77.2 Å². The number of primary amides is 1. The van der Waals surface area contributed by atoms with Crippen molar-refractivity contribution in [3.63, 3.8) is 0 Å². The van der Waals surface area contributed by atoms with Gasteiger partial charge in [-0.05, 0) is 36.8 Å². The molecule has 4 aromatic rings. The van der Waals surface area contributed by atoms with Gasteiger partial charge in [0.1, 0.15) is 28.9 Å². The molecular weight excluding hydrogens is 481 g/mol. The molecule has 0 aliphatic carbocycles. The molecule has 4 rings (SSSR count). The first-order valence-electron chi connectivity index (χ1n) is 9.94. The fourth-order valence-corrected chi connectivity index (χ4v) is 3.70. The van der Waals surface area contributed by atoms with Crippen molar-refractivity contribution in [2.24, 2.45) is 5.73 Å². The summed E-state index contributed by atoms with van der Waals surface area (Å²) in [6.07, 6.45) is 3.99. The molecule has 1 amide bonds. The third-order valence-electron chi connectivity index (χ3n) is 4.91. The van der Waals surface area contributed by atoms with Crippen LogP contribution in [0.5, 0.6) is 5.75 Å². The van der Waals surface area contributed by atoms with E-state index in [1.54, 1.807) is 30.3 Å². The summed E-state index contributed by atoms with van der Waals surface area (Å²) in [7, 11) is 0. The highest BCUT2D eigenvalue weighted by Crippen LogP contribution is 2.37. The Bertz CT molecular complexity index is 1320. The predicted octanol–water partition coefficient (Wildman–Crippen LogP) is 4.94. The summed E-state index contributed by atoms with van der Waals surface area (Å²) in [5, 5.41) is 7.68. The molecule has 174 valence electrons. The molecule has 0 aliphatic heterocycles. The summed E-state index contributed by atoms with van der Waals surface area (Å²) in [6.45, 7) is 1.86. The Hall–Kier alpha value is -3.83. The number of benzene rings is 2. The second-order valence-corrected chi connectivity index (χ2v) is 8.08. The maximum atomic E-state index is 13.7. The summed E-state index contributed by atoms with van der Waals surface area (Å²) >= 11 is 5.76. The van der Waals surface area contributed by atoms with Gasteiger partial charge in [-0.15, -0.1) is 3.89 Å². The zero-order valence-corrected chi connectivity index (χ0v) is 19.3. The second kappa shape index (κ2) is 9.98. The number of amides is 1. The van der Waals surface area contributed by atoms with Crippen LogP contribution < -0.4 is 21.5 Å². The predicted molar refractivity (Wildman–Crippen MR) is 130 cm³/mol. The topological polar surface area (TPSA) is 134 Å². The molecule has 12 heteroatoms. The largest absolute Gasteiger partial charge is 0.484 e. The average Bonchev–Trinajstić information content (AvgIpc) is 3.20. The van der Waals surface area contributed by atoms with E-state index in [2.05, 4.69) is 20.4 Å². The Morgan fingerprint density at radius 1 is 1.24 bits per heavy atom. The average molecular weight is 500 g/mol. The van der Waals surface area contributed by atoms with Gasteiger partial charge < -0.3 is 21.5 Å². The first-order chi connectivity index (χ1) is 16.4. The molecule has 0 radical (unpaired) electrons. The number of carbonyl (C=O) groups is 1. The number of anilines is 3. The van der Waals surface area contributed by atoms with E-state index >= 15 is 0 Å². The van der Waals surface area contributed by atoms with Crippen molar-refractivity contribution in [2.75, 3.05) is 11.1 Å². The zero-order chi connectivity index (χ0) is 24.2. The van der Waals surface area contributed by atoms with Crippen LogP contribution in [-0.2, 0) is 0 Å². The van der Waals surface area contributed by atoms with Crippen molar-refractivity contribution in [1.29, 1.82) is 0 Å². The first-order valence-corrected chi connectivity index (χ1v) is 11.0. The van der Waals surface area contributed by atoms with E-state index in [9.17, 15) is 8.68 Å². The Morgan fingerprint density at radius 3 is 2.65 bits per heavy atom. The van der Waals surface area contributed by atoms with Crippen LogP contribution in [0, 0.1) is 0 Å². The number of nitrogens with one attached hydrogen (secondary N) is 1. The number of halogens is 2. The maximum absolute atomic E-state index is 13.7. The molecule has 0 saturated carbocycles. The lowest BCUT2D eigenvalue weighted by Gasteiger charge is -2.17. The van der Waals surface area contributed by atoms with Gasteiger partial charge in [0.25, 0.3) is 5.91 Å². The fraction of sp³-hybridized carbons (Fsp3) is 0.0909. The third kappa shape index (κ3) is 4.90. The van der Waals surface area contributed by atoms with Crippen LogP contribution in [-0.4, -0.2) is 25.1 Å². The molecule has 9 nitrogen and oxygen atoms in total. The highest BCUT2D eigenvalue weighted by atomic mass is 35.5. The Labute approximate surface area is 203 Å². The Kier molecular flexibility index (Phi) is 6.85. The van der Waals surface area contributed by atoms with Crippen LogP contribution in [0.3, 0.4) is 0 Å². The summed E-state index contributed by atoms with van der Waals surface area (Å²) in [4.78, 5) is 20.4. The summed E-state index contributed by atoms with van der Waals surface area (Å²) in [5.41, 5.74) is 13.6. The van der Waals surface area contributed by atoms with Crippen molar-refractivity contribution >= 4 is 47.2 Å². The smallest absolute Gasteiger partial charge is 0.254 e. The van der Waals surface area contributed by atoms with E-state index in [0.717, 1.165) is 9.65 Å². The quantitative estimate of drug-likeness (QED) is 0.290. The molecule has 0 spiro atoms. The molecule has 2 heterocycles. The number of nitrogen functional groups attached to an aromatic ring is 1. The van der Waals surface area contributed by atoms with Gasteiger partial charge in [-0.3, -0.25) is 9.78 Å². The number of aromatic nitrogens is 4. The van der Waals surface area contributed by atoms with E-state index < -0.39 is 5.91 Å². The molecule has 2 aromatic heterocycles. The molecule has 34 heavy (non-hydrogen) atoms. The molecule has 5 N–H and O–H groups in total. The lowest BCUT2D eigenvalue weighted by atomic mass is 10.1. The van der Waals surface area contributed by atoms with Gasteiger partial charge in [-0.25, -0.2) is 4.98 Å². The van der Waals surface area contributed by atoms with Crippen LogP contribution >= 0.6 is 23.9 Å². The van der Waals surface area contributed by atoms with Gasteiger partial charge in [0.15, 0.2) is 18.2 Å². The number of hydrogen-bond acceptors (Lipinski definition) is 8. The van der Waals surface area contributed by atoms with E-state index in [-0.39, 0.29) is 41.3 Å². The lowest BCUT2D eigenvalue weighted by molar-refractivity contribution is 0.100. The van der Waals surface area contributed by atoms with E-state index in [4.69, 9.17) is 27.8 Å². The van der Waals surface area contributed by atoms with Gasteiger partial charge in [0.2, 0.25) is 0 Å². The minimum absolute atomic E-state index is 0.0179. The van der Waals surface area contributed by atoms with E-state index in [1.165, 1.54) is 18.6 Å². The number of hydrogen-bond donors (Lipinski definition) is 3. The number of carbonyl (C=O) groups excluding carboxylic acids is 1. The van der Waals surface area contributed by atoms with Gasteiger partial charge in [-0.2, -0.15) is 9.19 Å². The van der Waals surface area contributed by atoms with Gasteiger partial charge in [-0.1, -0.05) is 29.8 Å². The van der Waals surface area contributed by atoms with Crippen molar-refractivity contribution in [1.82, 2.24) is 19.2 Å². The van der Waals surface area contributed by atoms with E-state index in [0.29, 0.717) is 22.0 Å². The van der Waals surface area contributed by atoms with Gasteiger partial charge in [0.05, 0.1) is 11.9 Å². The number of nitrogens with zero attached hydrogens (tertiary/aromatic N) is 4. The number of rotatable bonds is 8. The molecule has 0 bridgehead atoms. The first kappa shape index (κ1) is 23.3. The highest BCUT2D eigenvalue weighted by molar-refractivity contribution is 7.92. The van der Waals surface area contributed by atoms with Crippen LogP contribution in [0.25, 0.3) is 11.3 Å². The summed E-state index contributed by atoms with van der Waals surface area (Å²) < 4.78 is 20.7. The van der Waals surface area contributed by atoms with Crippen molar-refractivity contribution in [3.8, 4) is 17.0 Å². The molecule has 0 fully saturated rings. The van der Waals surface area contributed by atoms with Crippen LogP contribution in [0.2, 0.25) is 5.02 Å². The molecule has 1 atom stereocenters. The standard InChI is InChI=1S/C22H19ClFN7O2S/c1-12(13-2-5-15(23)6-3-13)33-17-10-14(4-7-16(17)25)20-19(21(26)32)22(31(30-20)34-24)29-18-11-27-8-9-28-18/h2-12H,25H2,1H3,(H2,26,32)(H,28,29). The van der Waals surface area contributed by atoms with E-state index in [1.807, 2.05) is 19.1 Å². The molecular formula is C22H19ClFN7O2S. The van der Waals surface area contributed by atoms with Crippen LogP contribution in [0.15, 0.2) is 61.1 Å². The van der Waals surface area contributed by atoms with Crippen LogP contribution in [0.4, 0.5) is 21.2 Å². The lowest BCUT2D eigenvalue weighted by Crippen LogP contribution is -2.14. The minimum atomic E-state index is -0.810. The minimum Gasteiger partial charge on any atom is -0.484 e. The summed E-state index contributed by atoms with van der Waals surface area (Å²) in [5.74, 6) is -0.147. The Morgan fingerprint density at radius 2 is 2.00 bits per heavy atom. The van der Waals surface area contributed by atoms with Crippen LogP contribution in [0.1, 0.15) is 28.9 Å². The Balaban J connectivity index is 1.72. The molecule has 0 aliphatic rings. The number of nitrogens with two attached hydrogens (primary N) is 2. The zero-order valence-electron chi connectivity index (χ0n) is 17.8. The molecule has 2 aromatic carbocycles. The van der Waals surface area contributed by atoms with Crippen molar-refractivity contribution < 1.29 is 13.4 Å². The monoisotopic (exact) mass is 499 g/mol. The maximum Gasteiger partial charge on any atom is 0.254 e. The van der Waals surface area contributed by atoms with Gasteiger partial charge >= 0.3 is 0 Å². The third-order valence-corrected chi connectivity index (χ3v) is 5.55. The second-order valence-electron chi connectivity index (χ2n) is 7.16. The van der Waals surface area contributed by atoms with Gasteiger partial charge in [0, 0.05) is 23.0 Å².